The van der Waals surface area contributed by atoms with Gasteiger partial charge in [-0.3, -0.25) is 4.79 Å². The number of β-amino-alcohol motifs (C(OH)–C–C–N with tert-alkyl or cyclic N) is 1. The van der Waals surface area contributed by atoms with Crippen molar-refractivity contribution in [2.45, 2.75) is 107 Å². The normalized spacial score (nSPS) is 36.0. The van der Waals surface area contributed by atoms with Crippen LogP contribution in [-0.4, -0.2) is 120 Å². The van der Waals surface area contributed by atoms with Crippen molar-refractivity contribution in [3.8, 4) is 0 Å². The Balaban J connectivity index is 1.44. The number of rotatable bonds is 15. The van der Waals surface area contributed by atoms with Gasteiger partial charge >= 0.3 is 0 Å². The van der Waals surface area contributed by atoms with Crippen molar-refractivity contribution < 1.29 is 44.2 Å². The van der Waals surface area contributed by atoms with Crippen LogP contribution < -0.4 is 21.7 Å². The maximum absolute atomic E-state index is 13.1. The first-order valence-corrected chi connectivity index (χ1v) is 14.7. The number of hydrogen-bond donors (Lipinski definition) is 8. The number of amides is 1. The second-order valence-corrected chi connectivity index (χ2v) is 11.4. The van der Waals surface area contributed by atoms with Crippen molar-refractivity contribution in [2.24, 2.45) is 11.7 Å². The van der Waals surface area contributed by atoms with Gasteiger partial charge in [0.1, 0.15) is 30.2 Å². The van der Waals surface area contributed by atoms with Crippen LogP contribution in [0.3, 0.4) is 0 Å². The van der Waals surface area contributed by atoms with E-state index < -0.39 is 60.6 Å². The lowest BCUT2D eigenvalue weighted by Gasteiger charge is -2.46. The summed E-state index contributed by atoms with van der Waals surface area (Å²) in [5, 5.41) is 51.3. The highest BCUT2D eigenvalue weighted by atomic mass is 16.7. The van der Waals surface area contributed by atoms with E-state index in [1.165, 1.54) is 12.8 Å². The van der Waals surface area contributed by atoms with Gasteiger partial charge in [0, 0.05) is 19.0 Å². The van der Waals surface area contributed by atoms with Gasteiger partial charge in [0.05, 0.1) is 25.8 Å². The Morgan fingerprint density at radius 3 is 2.80 bits per heavy atom. The Kier molecular flexibility index (Phi) is 11.6. The molecular formula is C27H48N4O9. The number of aliphatic hydroxyl groups excluding tert-OH is 3. The van der Waals surface area contributed by atoms with E-state index in [9.17, 15) is 25.2 Å². The van der Waals surface area contributed by atoms with Gasteiger partial charge in [0.2, 0.25) is 0 Å². The summed E-state index contributed by atoms with van der Waals surface area (Å²) in [7, 11) is 0. The molecule has 0 aromatic carbocycles. The Hall–Kier alpha value is -1.39. The van der Waals surface area contributed by atoms with E-state index in [0.717, 1.165) is 24.6 Å². The second-order valence-electron chi connectivity index (χ2n) is 11.4. The molecule has 2 saturated carbocycles. The van der Waals surface area contributed by atoms with Crippen molar-refractivity contribution in [3.63, 3.8) is 0 Å². The molecule has 40 heavy (non-hydrogen) atoms. The minimum atomic E-state index is -1.59. The van der Waals surface area contributed by atoms with Gasteiger partial charge in [-0.25, -0.2) is 0 Å². The summed E-state index contributed by atoms with van der Waals surface area (Å²) in [5.41, 5.74) is 4.90. The Morgan fingerprint density at radius 1 is 1.32 bits per heavy atom. The Bertz CT molecular complexity index is 839. The highest BCUT2D eigenvalue weighted by molar-refractivity contribution is 5.86. The smallest absolute Gasteiger partial charge is 0.253 e. The van der Waals surface area contributed by atoms with Gasteiger partial charge in [-0.15, -0.1) is 0 Å². The van der Waals surface area contributed by atoms with Gasteiger partial charge < -0.3 is 61.1 Å². The fourth-order valence-corrected chi connectivity index (χ4v) is 5.43. The molecule has 13 heteroatoms. The van der Waals surface area contributed by atoms with Crippen LogP contribution in [0.1, 0.15) is 51.9 Å². The predicted molar refractivity (Wildman–Crippen MR) is 144 cm³/mol. The molecule has 9 atom stereocenters. The first kappa shape index (κ1) is 31.5. The van der Waals surface area contributed by atoms with Crippen molar-refractivity contribution in [1.82, 2.24) is 16.0 Å². The Labute approximate surface area is 235 Å². The third kappa shape index (κ3) is 8.34. The summed E-state index contributed by atoms with van der Waals surface area (Å²) >= 11 is 0. The van der Waals surface area contributed by atoms with E-state index in [4.69, 9.17) is 24.7 Å². The summed E-state index contributed by atoms with van der Waals surface area (Å²) in [5.74, 6) is 0.942. The Morgan fingerprint density at radius 2 is 2.12 bits per heavy atom. The molecule has 2 aliphatic carbocycles. The van der Waals surface area contributed by atoms with Crippen LogP contribution in [0.4, 0.5) is 0 Å². The molecule has 2 aliphatic heterocycles. The van der Waals surface area contributed by atoms with Crippen LogP contribution in [0.25, 0.3) is 0 Å². The van der Waals surface area contributed by atoms with Crippen LogP contribution in [-0.2, 0) is 23.7 Å². The van der Waals surface area contributed by atoms with E-state index >= 15 is 0 Å². The largest absolute Gasteiger partial charge is 0.468 e. The summed E-state index contributed by atoms with van der Waals surface area (Å²) in [4.78, 5) is 13.1. The second kappa shape index (κ2) is 14.7. The van der Waals surface area contributed by atoms with Crippen molar-refractivity contribution in [1.29, 1.82) is 0 Å². The molecule has 1 unspecified atom stereocenters. The average molecular weight is 573 g/mol. The minimum absolute atomic E-state index is 0.0910. The van der Waals surface area contributed by atoms with Crippen LogP contribution in [0, 0.1) is 5.92 Å². The fraction of sp³-hybridized carbons (Fsp3) is 0.889. The summed E-state index contributed by atoms with van der Waals surface area (Å²) in [6.07, 6.45) is 0.473. The zero-order valence-electron chi connectivity index (χ0n) is 23.4. The topological polar surface area (TPSA) is 197 Å². The number of hydrogen-bond acceptors (Lipinski definition) is 12. The van der Waals surface area contributed by atoms with E-state index in [2.05, 4.69) is 16.0 Å². The third-order valence-electron chi connectivity index (χ3n) is 8.08. The molecule has 4 aliphatic rings. The SMILES string of the molecule is CC[C@@H](O)[C@H](OCCO)O[C@@H]1[C@@H](O)[C@H](O[C@@H]2CCC=C(CNCC3CC3)O2)[C@@H](N)C[C@H]1NC(=O)C1(O)CCNC1. The molecular weight excluding hydrogens is 524 g/mol. The summed E-state index contributed by atoms with van der Waals surface area (Å²) in [6.45, 7) is 3.54. The molecule has 230 valence electrons. The number of nitrogens with two attached hydrogens (primary N) is 1. The lowest BCUT2D eigenvalue weighted by atomic mass is 9.83. The monoisotopic (exact) mass is 572 g/mol. The van der Waals surface area contributed by atoms with Gasteiger partial charge in [0.15, 0.2) is 18.2 Å². The third-order valence-corrected chi connectivity index (χ3v) is 8.08. The molecule has 0 radical (unpaired) electrons. The molecule has 0 bridgehead atoms. The number of ether oxygens (including phenoxy) is 4. The number of aliphatic hydroxyl groups is 4. The van der Waals surface area contributed by atoms with Crippen molar-refractivity contribution in [2.75, 3.05) is 39.4 Å². The molecule has 1 saturated heterocycles. The molecule has 3 fully saturated rings. The average Bonchev–Trinajstić information content (AvgIpc) is 3.66. The lowest BCUT2D eigenvalue weighted by Crippen LogP contribution is -2.67. The molecule has 0 spiro atoms. The van der Waals surface area contributed by atoms with Crippen LogP contribution >= 0.6 is 0 Å². The zero-order chi connectivity index (χ0) is 28.7. The maximum Gasteiger partial charge on any atom is 0.253 e. The zero-order valence-corrected chi connectivity index (χ0v) is 23.4. The van der Waals surface area contributed by atoms with Gasteiger partial charge in [-0.2, -0.15) is 0 Å². The first-order valence-electron chi connectivity index (χ1n) is 14.7. The van der Waals surface area contributed by atoms with Crippen LogP contribution in [0.2, 0.25) is 0 Å². The van der Waals surface area contributed by atoms with Gasteiger partial charge in [0.25, 0.3) is 5.91 Å². The number of carbonyl (C=O) groups excluding carboxylic acids is 1. The van der Waals surface area contributed by atoms with E-state index in [0.29, 0.717) is 25.9 Å². The maximum atomic E-state index is 13.1. The highest BCUT2D eigenvalue weighted by Gasteiger charge is 2.49. The number of carbonyl (C=O) groups is 1. The molecule has 1 amide bonds. The summed E-state index contributed by atoms with van der Waals surface area (Å²) in [6, 6.07) is -1.49. The van der Waals surface area contributed by atoms with E-state index in [1.807, 2.05) is 6.08 Å². The van der Waals surface area contributed by atoms with E-state index in [1.54, 1.807) is 6.92 Å². The van der Waals surface area contributed by atoms with Gasteiger partial charge in [-0.05, 0) is 63.6 Å². The standard InChI is InChI=1S/C27H48N4O9/c1-2-20(33)25(37-11-10-32)40-24-19(31-26(35)27(36)8-9-29-15-27)12-18(28)23(22(24)34)39-21-5-3-4-17(38-21)14-30-13-16-6-7-16/h4,16,18-25,29-30,32-34,36H,2-3,5-15,28H2,1H3,(H,31,35)/t18-,19+,20+,21+,22-,23+,24-,25+,27?/m0/s1. The fourth-order valence-electron chi connectivity index (χ4n) is 5.43. The van der Waals surface area contributed by atoms with Crippen molar-refractivity contribution in [3.05, 3.63) is 11.8 Å². The van der Waals surface area contributed by atoms with Crippen molar-refractivity contribution >= 4 is 5.91 Å². The number of allylic oxidation sites excluding steroid dienone is 1. The lowest BCUT2D eigenvalue weighted by molar-refractivity contribution is -0.269. The minimum Gasteiger partial charge on any atom is -0.468 e. The quantitative estimate of drug-likeness (QED) is 0.103. The highest BCUT2D eigenvalue weighted by Crippen LogP contribution is 2.31. The molecule has 0 aromatic rings. The predicted octanol–water partition coefficient (Wildman–Crippen LogP) is -1.82. The number of nitrogens with one attached hydrogen (secondary N) is 3. The summed E-state index contributed by atoms with van der Waals surface area (Å²) < 4.78 is 23.9. The molecule has 4 rings (SSSR count). The van der Waals surface area contributed by atoms with Gasteiger partial charge in [-0.1, -0.05) is 6.92 Å². The molecule has 2 heterocycles. The van der Waals surface area contributed by atoms with E-state index in [-0.39, 0.29) is 32.6 Å². The van der Waals surface area contributed by atoms with Crippen LogP contribution in [0.5, 0.6) is 0 Å². The first-order chi connectivity index (χ1) is 19.2. The molecule has 13 nitrogen and oxygen atoms in total. The molecule has 0 aromatic heterocycles. The van der Waals surface area contributed by atoms with Crippen LogP contribution in [0.15, 0.2) is 11.8 Å². The molecule has 9 N–H and O–H groups in total.